The summed E-state index contributed by atoms with van der Waals surface area (Å²) in [6, 6.07) is 9.43. The summed E-state index contributed by atoms with van der Waals surface area (Å²) < 4.78 is 10.3. The van der Waals surface area contributed by atoms with Crippen LogP contribution in [0.1, 0.15) is 17.5 Å². The van der Waals surface area contributed by atoms with Crippen LogP contribution in [0.25, 0.3) is 0 Å². The number of rotatable bonds is 7. The van der Waals surface area contributed by atoms with Gasteiger partial charge in [0, 0.05) is 24.7 Å². The molecule has 1 fully saturated rings. The molecule has 1 aliphatic rings. The van der Waals surface area contributed by atoms with Gasteiger partial charge in [-0.15, -0.1) is 0 Å². The standard InChI is InChI=1S/C22H23N3O7/c1-13-4-6-17(14(2)8-13)23-20(26)12-32-22(28)15-9-21(27)24(11-15)18-7-5-16(25(29)30)10-19(18)31-3/h4-8,10,15H,9,11-12H2,1-3H3,(H,23,26)/t15-/m0/s1. The Labute approximate surface area is 184 Å². The highest BCUT2D eigenvalue weighted by Gasteiger charge is 2.37. The van der Waals surface area contributed by atoms with Gasteiger partial charge in [0.1, 0.15) is 5.75 Å². The van der Waals surface area contributed by atoms with E-state index in [0.717, 1.165) is 11.1 Å². The third kappa shape index (κ3) is 5.02. The number of aryl methyl sites for hydroxylation is 2. The van der Waals surface area contributed by atoms with Crippen LogP contribution in [0.2, 0.25) is 0 Å². The molecule has 10 heteroatoms. The number of ether oxygens (including phenoxy) is 2. The van der Waals surface area contributed by atoms with Crippen molar-refractivity contribution in [3.05, 3.63) is 57.6 Å². The van der Waals surface area contributed by atoms with Crippen LogP contribution in [0.3, 0.4) is 0 Å². The maximum atomic E-state index is 12.5. The first-order valence-corrected chi connectivity index (χ1v) is 9.86. The van der Waals surface area contributed by atoms with Gasteiger partial charge in [-0.05, 0) is 31.5 Å². The molecule has 1 saturated heterocycles. The molecule has 3 rings (SSSR count). The molecule has 10 nitrogen and oxygen atoms in total. The molecule has 1 heterocycles. The average molecular weight is 441 g/mol. The van der Waals surface area contributed by atoms with Crippen LogP contribution >= 0.6 is 0 Å². The van der Waals surface area contributed by atoms with E-state index in [9.17, 15) is 24.5 Å². The van der Waals surface area contributed by atoms with E-state index in [0.29, 0.717) is 11.4 Å². The van der Waals surface area contributed by atoms with Crippen molar-refractivity contribution >= 4 is 34.8 Å². The maximum Gasteiger partial charge on any atom is 0.311 e. The van der Waals surface area contributed by atoms with Gasteiger partial charge < -0.3 is 19.7 Å². The van der Waals surface area contributed by atoms with Crippen molar-refractivity contribution in [1.29, 1.82) is 0 Å². The number of carbonyl (C=O) groups excluding carboxylic acids is 3. The molecule has 2 amide bonds. The molecule has 168 valence electrons. The lowest BCUT2D eigenvalue weighted by Gasteiger charge is -2.19. The lowest BCUT2D eigenvalue weighted by Crippen LogP contribution is -2.28. The third-order valence-corrected chi connectivity index (χ3v) is 5.12. The quantitative estimate of drug-likeness (QED) is 0.397. The number of nitro benzene ring substituents is 1. The third-order valence-electron chi connectivity index (χ3n) is 5.12. The Morgan fingerprint density at radius 1 is 1.22 bits per heavy atom. The van der Waals surface area contributed by atoms with Crippen molar-refractivity contribution in [1.82, 2.24) is 0 Å². The fraction of sp³-hybridized carbons (Fsp3) is 0.318. The zero-order valence-corrected chi connectivity index (χ0v) is 17.9. The summed E-state index contributed by atoms with van der Waals surface area (Å²) in [6.07, 6.45) is -0.0995. The predicted octanol–water partition coefficient (Wildman–Crippen LogP) is 2.76. The number of non-ortho nitro benzene ring substituents is 1. The number of nitrogens with one attached hydrogen (secondary N) is 1. The Bertz CT molecular complexity index is 1080. The Balaban J connectivity index is 1.60. The topological polar surface area (TPSA) is 128 Å². The molecule has 0 aliphatic carbocycles. The van der Waals surface area contributed by atoms with Gasteiger partial charge in [-0.3, -0.25) is 24.5 Å². The van der Waals surface area contributed by atoms with Crippen LogP contribution < -0.4 is 15.0 Å². The number of nitro groups is 1. The van der Waals surface area contributed by atoms with Crippen molar-refractivity contribution in [2.45, 2.75) is 20.3 Å². The fourth-order valence-electron chi connectivity index (χ4n) is 3.50. The summed E-state index contributed by atoms with van der Waals surface area (Å²) in [7, 11) is 1.34. The van der Waals surface area contributed by atoms with E-state index < -0.39 is 29.3 Å². The van der Waals surface area contributed by atoms with Crippen LogP contribution in [-0.2, 0) is 19.1 Å². The first-order chi connectivity index (χ1) is 15.2. The molecule has 2 aromatic rings. The second-order valence-electron chi connectivity index (χ2n) is 7.49. The Kier molecular flexibility index (Phi) is 6.72. The number of anilines is 2. The number of methoxy groups -OCH3 is 1. The molecule has 0 saturated carbocycles. The molecule has 1 aliphatic heterocycles. The van der Waals surface area contributed by atoms with E-state index in [2.05, 4.69) is 5.32 Å². The highest BCUT2D eigenvalue weighted by atomic mass is 16.6. The number of hydrogen-bond acceptors (Lipinski definition) is 7. The zero-order valence-electron chi connectivity index (χ0n) is 17.9. The lowest BCUT2D eigenvalue weighted by atomic mass is 10.1. The van der Waals surface area contributed by atoms with Crippen LogP contribution in [-0.4, -0.2) is 43.0 Å². The van der Waals surface area contributed by atoms with Gasteiger partial charge in [-0.1, -0.05) is 17.7 Å². The summed E-state index contributed by atoms with van der Waals surface area (Å²) >= 11 is 0. The molecule has 32 heavy (non-hydrogen) atoms. The predicted molar refractivity (Wildman–Crippen MR) is 116 cm³/mol. The van der Waals surface area contributed by atoms with Crippen LogP contribution in [0.15, 0.2) is 36.4 Å². The number of carbonyl (C=O) groups is 3. The summed E-state index contributed by atoms with van der Waals surface area (Å²) in [5.41, 5.74) is 2.73. The molecule has 0 spiro atoms. The minimum Gasteiger partial charge on any atom is -0.494 e. The summed E-state index contributed by atoms with van der Waals surface area (Å²) in [4.78, 5) is 48.8. The summed E-state index contributed by atoms with van der Waals surface area (Å²) in [5.74, 6) is -2.12. The largest absolute Gasteiger partial charge is 0.494 e. The van der Waals surface area contributed by atoms with E-state index in [1.807, 2.05) is 26.0 Å². The van der Waals surface area contributed by atoms with E-state index >= 15 is 0 Å². The Morgan fingerprint density at radius 3 is 2.62 bits per heavy atom. The maximum absolute atomic E-state index is 12.5. The van der Waals surface area contributed by atoms with Gasteiger partial charge in [0.05, 0.1) is 29.7 Å². The van der Waals surface area contributed by atoms with Crippen LogP contribution in [0.4, 0.5) is 17.1 Å². The van der Waals surface area contributed by atoms with Gasteiger partial charge >= 0.3 is 5.97 Å². The molecule has 0 radical (unpaired) electrons. The smallest absolute Gasteiger partial charge is 0.311 e. The van der Waals surface area contributed by atoms with Crippen LogP contribution in [0.5, 0.6) is 5.75 Å². The van der Waals surface area contributed by atoms with Gasteiger partial charge in [0.15, 0.2) is 6.61 Å². The van der Waals surface area contributed by atoms with Crippen LogP contribution in [0, 0.1) is 29.9 Å². The minimum absolute atomic E-state index is 0.0184. The molecule has 1 atom stereocenters. The number of amides is 2. The van der Waals surface area contributed by atoms with Gasteiger partial charge in [0.25, 0.3) is 11.6 Å². The van der Waals surface area contributed by atoms with E-state index in [1.165, 1.54) is 30.2 Å². The number of hydrogen-bond donors (Lipinski definition) is 1. The minimum atomic E-state index is -0.767. The zero-order chi connectivity index (χ0) is 23.4. The number of benzene rings is 2. The van der Waals surface area contributed by atoms with E-state index in [-0.39, 0.29) is 30.3 Å². The van der Waals surface area contributed by atoms with Gasteiger partial charge in [-0.2, -0.15) is 0 Å². The molecular weight excluding hydrogens is 418 g/mol. The van der Waals surface area contributed by atoms with Gasteiger partial charge in [-0.25, -0.2) is 0 Å². The van der Waals surface area contributed by atoms with E-state index in [4.69, 9.17) is 9.47 Å². The first-order valence-electron chi connectivity index (χ1n) is 9.86. The van der Waals surface area contributed by atoms with Crippen molar-refractivity contribution in [3.8, 4) is 5.75 Å². The molecule has 0 bridgehead atoms. The Morgan fingerprint density at radius 2 is 1.97 bits per heavy atom. The Hall–Kier alpha value is -3.95. The van der Waals surface area contributed by atoms with Crippen molar-refractivity contribution < 1.29 is 28.8 Å². The second kappa shape index (κ2) is 9.46. The van der Waals surface area contributed by atoms with Gasteiger partial charge in [0.2, 0.25) is 5.91 Å². The van der Waals surface area contributed by atoms with E-state index in [1.54, 1.807) is 6.07 Å². The first kappa shape index (κ1) is 22.7. The fourth-order valence-corrected chi connectivity index (χ4v) is 3.50. The normalized spacial score (nSPS) is 15.4. The lowest BCUT2D eigenvalue weighted by molar-refractivity contribution is -0.384. The van der Waals surface area contributed by atoms with Crippen molar-refractivity contribution in [2.75, 3.05) is 30.5 Å². The average Bonchev–Trinajstić information content (AvgIpc) is 3.15. The molecule has 0 unspecified atom stereocenters. The second-order valence-corrected chi connectivity index (χ2v) is 7.49. The highest BCUT2D eigenvalue weighted by Crippen LogP contribution is 2.36. The summed E-state index contributed by atoms with van der Waals surface area (Å²) in [6.45, 7) is 3.35. The van der Waals surface area contributed by atoms with Crippen molar-refractivity contribution in [3.63, 3.8) is 0 Å². The number of esters is 1. The summed E-state index contributed by atoms with van der Waals surface area (Å²) in [5, 5.41) is 13.6. The molecular formula is C22H23N3O7. The molecule has 0 aromatic heterocycles. The van der Waals surface area contributed by atoms with Crippen molar-refractivity contribution in [2.24, 2.45) is 5.92 Å². The SMILES string of the molecule is COc1cc([N+](=O)[O-])ccc1N1C[C@@H](C(=O)OCC(=O)Nc2ccc(C)cc2C)CC1=O. The number of nitrogens with zero attached hydrogens (tertiary/aromatic N) is 2. The molecule has 2 aromatic carbocycles. The monoisotopic (exact) mass is 441 g/mol. The molecule has 1 N–H and O–H groups in total. The highest BCUT2D eigenvalue weighted by molar-refractivity contribution is 6.01.